The molecule has 0 bridgehead atoms. The Balaban J connectivity index is 1.22. The Bertz CT molecular complexity index is 3210. The van der Waals surface area contributed by atoms with Crippen LogP contribution in [0.5, 0.6) is 0 Å². The molecule has 0 fully saturated rings. The summed E-state index contributed by atoms with van der Waals surface area (Å²) < 4.78 is 9.09. The summed E-state index contributed by atoms with van der Waals surface area (Å²) in [4.78, 5) is 15.8. The van der Waals surface area contributed by atoms with Gasteiger partial charge in [-0.15, -0.1) is 11.3 Å². The Morgan fingerprint density at radius 3 is 1.61 bits per heavy atom. The summed E-state index contributed by atoms with van der Waals surface area (Å²) in [5, 5.41) is 6.78. The van der Waals surface area contributed by atoms with Crippen molar-refractivity contribution in [1.29, 1.82) is 0 Å². The van der Waals surface area contributed by atoms with E-state index in [0.29, 0.717) is 17.5 Å². The van der Waals surface area contributed by atoms with Gasteiger partial charge in [-0.3, -0.25) is 0 Å². The molecule has 0 saturated heterocycles. The average molecular weight is 708 g/mol. The number of benzene rings is 8. The molecular formula is C49H29N3OS. The fraction of sp³-hybridized carbons (Fsp3) is 0. The van der Waals surface area contributed by atoms with Gasteiger partial charge < -0.3 is 4.42 Å². The molecule has 0 unspecified atom stereocenters. The number of aromatic nitrogens is 3. The summed E-state index contributed by atoms with van der Waals surface area (Å²) in [6, 6.07) is 61.4. The lowest BCUT2D eigenvalue weighted by molar-refractivity contribution is 0.670. The highest BCUT2D eigenvalue weighted by Crippen LogP contribution is 2.46. The third-order valence-electron chi connectivity index (χ3n) is 10.3. The normalized spacial score (nSPS) is 11.7. The molecule has 0 N–H and O–H groups in total. The third kappa shape index (κ3) is 4.94. The van der Waals surface area contributed by atoms with Crippen molar-refractivity contribution >= 4 is 64.2 Å². The molecule has 252 valence electrons. The van der Waals surface area contributed by atoms with E-state index in [0.717, 1.165) is 55.1 Å². The van der Waals surface area contributed by atoms with E-state index in [1.54, 1.807) is 0 Å². The molecule has 0 amide bonds. The van der Waals surface area contributed by atoms with Gasteiger partial charge in [-0.05, 0) is 63.9 Å². The van der Waals surface area contributed by atoms with Crippen LogP contribution in [-0.2, 0) is 0 Å². The highest BCUT2D eigenvalue weighted by atomic mass is 32.1. The molecule has 0 aliphatic carbocycles. The predicted octanol–water partition coefficient (Wildman–Crippen LogP) is 13.6. The molecule has 8 aromatic carbocycles. The van der Waals surface area contributed by atoms with Crippen LogP contribution in [0.4, 0.5) is 0 Å². The van der Waals surface area contributed by atoms with Crippen LogP contribution < -0.4 is 0 Å². The van der Waals surface area contributed by atoms with Gasteiger partial charge in [-0.2, -0.15) is 0 Å². The zero-order chi connectivity index (χ0) is 35.6. The minimum atomic E-state index is 0.597. The summed E-state index contributed by atoms with van der Waals surface area (Å²) >= 11 is 1.83. The molecule has 3 aromatic heterocycles. The summed E-state index contributed by atoms with van der Waals surface area (Å²) in [6.07, 6.45) is 0. The molecule has 0 aliphatic rings. The zero-order valence-corrected chi connectivity index (χ0v) is 29.7. The smallest absolute Gasteiger partial charge is 0.164 e. The van der Waals surface area contributed by atoms with Crippen molar-refractivity contribution in [2.45, 2.75) is 0 Å². The molecule has 4 nitrogen and oxygen atoms in total. The van der Waals surface area contributed by atoms with E-state index in [9.17, 15) is 0 Å². The number of furan rings is 1. The van der Waals surface area contributed by atoms with Crippen molar-refractivity contribution in [3.63, 3.8) is 0 Å². The lowest BCUT2D eigenvalue weighted by atomic mass is 9.97. The van der Waals surface area contributed by atoms with E-state index < -0.39 is 0 Å². The molecule has 0 saturated carbocycles. The molecule has 0 radical (unpaired) electrons. The lowest BCUT2D eigenvalue weighted by Gasteiger charge is -2.12. The Kier molecular flexibility index (Phi) is 7.00. The van der Waals surface area contributed by atoms with Crippen molar-refractivity contribution < 1.29 is 4.42 Å². The monoisotopic (exact) mass is 707 g/mol. The van der Waals surface area contributed by atoms with Crippen LogP contribution in [0.25, 0.3) is 109 Å². The second-order valence-electron chi connectivity index (χ2n) is 13.5. The second kappa shape index (κ2) is 12.3. The van der Waals surface area contributed by atoms with Gasteiger partial charge in [-0.1, -0.05) is 140 Å². The van der Waals surface area contributed by atoms with Crippen molar-refractivity contribution in [2.75, 3.05) is 0 Å². The quantitative estimate of drug-likeness (QED) is 0.179. The highest BCUT2D eigenvalue weighted by molar-refractivity contribution is 7.26. The van der Waals surface area contributed by atoms with Crippen LogP contribution in [0.15, 0.2) is 180 Å². The van der Waals surface area contributed by atoms with Crippen LogP contribution in [0.3, 0.4) is 0 Å². The lowest BCUT2D eigenvalue weighted by Crippen LogP contribution is -2.01. The molecule has 11 aromatic rings. The standard InChI is InChI=1S/C49H29N3OS/c1-4-14-30(15-5-1)35-24-26-38(43-37-22-12-13-23-41(37)53-45(35)43)48-50-47(32-18-8-3-9-19-32)51-49(52-48)39-27-25-36(31-16-6-2-7-17-31)46-44(39)40-28-33-20-10-11-21-34(33)29-42(40)54-46/h1-29H. The molecule has 3 heterocycles. The van der Waals surface area contributed by atoms with Gasteiger partial charge in [-0.25, -0.2) is 15.0 Å². The minimum absolute atomic E-state index is 0.597. The number of fused-ring (bicyclic) bond motifs is 7. The van der Waals surface area contributed by atoms with E-state index in [-0.39, 0.29) is 0 Å². The maximum absolute atomic E-state index is 6.65. The number of hydrogen-bond acceptors (Lipinski definition) is 5. The van der Waals surface area contributed by atoms with E-state index >= 15 is 0 Å². The topological polar surface area (TPSA) is 51.8 Å². The minimum Gasteiger partial charge on any atom is -0.455 e. The first-order valence-electron chi connectivity index (χ1n) is 18.0. The third-order valence-corrected chi connectivity index (χ3v) is 11.5. The SMILES string of the molecule is c1ccc(-c2nc(-c3ccc(-c4ccccc4)c4oc5ccccc5c34)nc(-c3ccc(-c4ccccc4)c4sc5cc6ccccc6cc5c34)n2)cc1. The maximum atomic E-state index is 6.65. The van der Waals surface area contributed by atoms with Gasteiger partial charge in [0.15, 0.2) is 17.5 Å². The van der Waals surface area contributed by atoms with Crippen molar-refractivity contribution in [2.24, 2.45) is 0 Å². The Morgan fingerprint density at radius 1 is 0.389 bits per heavy atom. The van der Waals surface area contributed by atoms with Crippen LogP contribution in [0.2, 0.25) is 0 Å². The van der Waals surface area contributed by atoms with E-state index in [1.807, 2.05) is 47.7 Å². The summed E-state index contributed by atoms with van der Waals surface area (Å²) in [5.74, 6) is 1.85. The second-order valence-corrected chi connectivity index (χ2v) is 14.6. The fourth-order valence-corrected chi connectivity index (χ4v) is 9.08. The molecule has 11 rings (SSSR count). The van der Waals surface area contributed by atoms with E-state index in [1.165, 1.54) is 36.7 Å². The molecule has 5 heteroatoms. The summed E-state index contributed by atoms with van der Waals surface area (Å²) in [7, 11) is 0. The van der Waals surface area contributed by atoms with Crippen LogP contribution in [0.1, 0.15) is 0 Å². The van der Waals surface area contributed by atoms with Gasteiger partial charge in [0, 0.05) is 53.2 Å². The van der Waals surface area contributed by atoms with Gasteiger partial charge in [0.25, 0.3) is 0 Å². The van der Waals surface area contributed by atoms with Gasteiger partial charge in [0.2, 0.25) is 0 Å². The Morgan fingerprint density at radius 2 is 0.907 bits per heavy atom. The largest absolute Gasteiger partial charge is 0.455 e. The summed E-state index contributed by atoms with van der Waals surface area (Å²) in [5.41, 5.74) is 8.92. The number of rotatable bonds is 5. The maximum Gasteiger partial charge on any atom is 0.164 e. The zero-order valence-electron chi connectivity index (χ0n) is 28.9. The van der Waals surface area contributed by atoms with Crippen molar-refractivity contribution in [3.05, 3.63) is 176 Å². The number of thiophene rings is 1. The molecule has 0 spiro atoms. The molecule has 54 heavy (non-hydrogen) atoms. The number of para-hydroxylation sites is 1. The molecular weight excluding hydrogens is 679 g/mol. The van der Waals surface area contributed by atoms with Crippen LogP contribution in [-0.4, -0.2) is 15.0 Å². The van der Waals surface area contributed by atoms with Crippen molar-refractivity contribution in [3.8, 4) is 56.4 Å². The van der Waals surface area contributed by atoms with Crippen LogP contribution >= 0.6 is 11.3 Å². The number of nitrogens with zero attached hydrogens (tertiary/aromatic N) is 3. The van der Waals surface area contributed by atoms with Gasteiger partial charge in [0.05, 0.1) is 0 Å². The average Bonchev–Trinajstić information content (AvgIpc) is 3.82. The number of hydrogen-bond donors (Lipinski definition) is 0. The molecule has 0 atom stereocenters. The highest BCUT2D eigenvalue weighted by Gasteiger charge is 2.23. The van der Waals surface area contributed by atoms with Gasteiger partial charge in [0.1, 0.15) is 11.2 Å². The van der Waals surface area contributed by atoms with E-state index in [4.69, 9.17) is 19.4 Å². The first kappa shape index (κ1) is 30.7. The Labute approximate surface area is 314 Å². The molecule has 0 aliphatic heterocycles. The predicted molar refractivity (Wildman–Crippen MR) is 225 cm³/mol. The van der Waals surface area contributed by atoms with Crippen LogP contribution in [0, 0.1) is 0 Å². The fourth-order valence-electron chi connectivity index (χ4n) is 7.79. The first-order valence-corrected chi connectivity index (χ1v) is 18.8. The van der Waals surface area contributed by atoms with Crippen molar-refractivity contribution in [1.82, 2.24) is 15.0 Å². The Hall–Kier alpha value is -6.95. The van der Waals surface area contributed by atoms with E-state index in [2.05, 4.69) is 140 Å². The summed E-state index contributed by atoms with van der Waals surface area (Å²) in [6.45, 7) is 0. The first-order chi connectivity index (χ1) is 26.8. The van der Waals surface area contributed by atoms with Gasteiger partial charge >= 0.3 is 0 Å².